The Bertz CT molecular complexity index is 898. The van der Waals surface area contributed by atoms with E-state index < -0.39 is 31.7 Å². The maximum Gasteiger partial charge on any atom is 0.252 e. The molecule has 2 aromatic heterocycles. The van der Waals surface area contributed by atoms with E-state index >= 15 is 0 Å². The Labute approximate surface area is 180 Å². The third kappa shape index (κ3) is 12.1. The van der Waals surface area contributed by atoms with Gasteiger partial charge in [-0.3, -0.25) is 0 Å². The topological polar surface area (TPSA) is 132 Å². The average molecular weight is 467 g/mol. The molecule has 0 N–H and O–H groups in total. The van der Waals surface area contributed by atoms with Crippen molar-refractivity contribution >= 4 is 20.2 Å². The van der Waals surface area contributed by atoms with Crippen LogP contribution in [0.15, 0.2) is 24.8 Å². The lowest BCUT2D eigenvalue weighted by molar-refractivity contribution is -0.677. The van der Waals surface area contributed by atoms with Gasteiger partial charge in [0.25, 0.3) is 11.6 Å². The second kappa shape index (κ2) is 12.8. The van der Waals surface area contributed by atoms with Gasteiger partial charge in [-0.1, -0.05) is 0 Å². The highest BCUT2D eigenvalue weighted by atomic mass is 32.2. The van der Waals surface area contributed by atoms with Gasteiger partial charge in [-0.05, 0) is 26.7 Å². The predicted molar refractivity (Wildman–Crippen MR) is 110 cm³/mol. The van der Waals surface area contributed by atoms with Crippen molar-refractivity contribution in [2.75, 3.05) is 11.5 Å². The van der Waals surface area contributed by atoms with Crippen LogP contribution in [0.3, 0.4) is 0 Å². The molecule has 0 aliphatic carbocycles. The maximum absolute atomic E-state index is 9.97. The van der Waals surface area contributed by atoms with Gasteiger partial charge >= 0.3 is 0 Å². The zero-order chi connectivity index (χ0) is 23.5. The van der Waals surface area contributed by atoms with E-state index in [0.717, 1.165) is 13.1 Å². The lowest BCUT2D eigenvalue weighted by Gasteiger charge is -2.07. The molecule has 30 heavy (non-hydrogen) atoms. The van der Waals surface area contributed by atoms with Crippen molar-refractivity contribution in [3.8, 4) is 0 Å². The highest BCUT2D eigenvalue weighted by molar-refractivity contribution is 7.86. The fraction of sp³-hybridized carbons (Fsp3) is 0.667. The first-order chi connectivity index (χ1) is 13.7. The van der Waals surface area contributed by atoms with Gasteiger partial charge in [-0.15, -0.1) is 0 Å². The van der Waals surface area contributed by atoms with Gasteiger partial charge in [-0.25, -0.2) is 35.1 Å². The number of unbranched alkanes of at least 4 members (excludes halogenated alkanes) is 1. The van der Waals surface area contributed by atoms with E-state index in [2.05, 4.69) is 84.8 Å². The molecule has 0 fully saturated rings. The molecule has 10 nitrogen and oxygen atoms in total. The first-order valence-electron chi connectivity index (χ1n) is 9.61. The van der Waals surface area contributed by atoms with Gasteiger partial charge < -0.3 is 9.11 Å². The molecule has 2 aromatic rings. The molecule has 0 bridgehead atoms. The molecule has 0 atom stereocenters. The van der Waals surface area contributed by atoms with Gasteiger partial charge in [0, 0.05) is 25.4 Å². The Morgan fingerprint density at radius 2 is 1.07 bits per heavy atom. The molecule has 0 aliphatic rings. The molecule has 2 rings (SSSR count). The first-order valence-corrected chi connectivity index (χ1v) is 12.8. The van der Waals surface area contributed by atoms with Crippen molar-refractivity contribution in [2.24, 2.45) is 14.1 Å². The fourth-order valence-corrected chi connectivity index (χ4v) is 3.54. The minimum absolute atomic E-state index is 0.0900. The molecule has 12 heteroatoms. The van der Waals surface area contributed by atoms with Crippen LogP contribution in [0.4, 0.5) is 0 Å². The molecular formula is C18H34N4O6S2. The summed E-state index contributed by atoms with van der Waals surface area (Å²) in [5, 5.41) is 0. The third-order valence-corrected chi connectivity index (χ3v) is 6.09. The van der Waals surface area contributed by atoms with Crippen LogP contribution in [0.2, 0.25) is 0 Å². The Morgan fingerprint density at radius 3 is 1.20 bits per heavy atom. The van der Waals surface area contributed by atoms with E-state index in [1.54, 1.807) is 0 Å². The van der Waals surface area contributed by atoms with E-state index in [0.29, 0.717) is 0 Å². The van der Waals surface area contributed by atoms with Gasteiger partial charge in [0.05, 0.1) is 47.4 Å². The molecule has 0 saturated heterocycles. The standard InChI is InChI=1S/2C7H13N2.C4H10O6S2/c2*1-4-9-6-5-8(3)7(9)2;5-11(6,7)3-1-2-4-12(8,9)10/h2*5-6H,4H2,1-3H3;1-4H2,(H,5,6,7)(H,8,9,10)/q2*+1;/p-2. The quantitative estimate of drug-likeness (QED) is 0.324. The second-order valence-electron chi connectivity index (χ2n) is 6.72. The SMILES string of the molecule is CCn1cc[n+](C)c1C.CCn1cc[n+](C)c1C.O=S(=O)([O-])CCCCS(=O)(=O)[O-]. The monoisotopic (exact) mass is 466 g/mol. The number of hydrogen-bond donors (Lipinski definition) is 0. The van der Waals surface area contributed by atoms with Crippen LogP contribution >= 0.6 is 0 Å². The van der Waals surface area contributed by atoms with Crippen molar-refractivity contribution < 1.29 is 35.1 Å². The van der Waals surface area contributed by atoms with Gasteiger partial charge in [0.1, 0.15) is 24.8 Å². The van der Waals surface area contributed by atoms with Crippen LogP contribution < -0.4 is 9.13 Å². The summed E-state index contributed by atoms with van der Waals surface area (Å²) < 4.78 is 68.5. The van der Waals surface area contributed by atoms with E-state index in [9.17, 15) is 25.9 Å². The molecule has 0 spiro atoms. The minimum Gasteiger partial charge on any atom is -0.748 e. The van der Waals surface area contributed by atoms with Crippen LogP contribution in [0.1, 0.15) is 38.3 Å². The number of hydrogen-bond acceptors (Lipinski definition) is 6. The van der Waals surface area contributed by atoms with Crippen molar-refractivity contribution in [1.82, 2.24) is 9.13 Å². The summed E-state index contributed by atoms with van der Waals surface area (Å²) in [7, 11) is -4.46. The Hall–Kier alpha value is -1.76. The van der Waals surface area contributed by atoms with Crippen LogP contribution in [0.25, 0.3) is 0 Å². The predicted octanol–water partition coefficient (Wildman–Crippen LogP) is 0.139. The molecule has 0 aliphatic heterocycles. The lowest BCUT2D eigenvalue weighted by Crippen LogP contribution is -2.29. The van der Waals surface area contributed by atoms with Crippen molar-refractivity contribution in [3.05, 3.63) is 36.4 Å². The van der Waals surface area contributed by atoms with Gasteiger partial charge in [0.15, 0.2) is 0 Å². The molecule has 0 amide bonds. The molecule has 0 aromatic carbocycles. The maximum atomic E-state index is 9.97. The summed E-state index contributed by atoms with van der Waals surface area (Å²) in [4.78, 5) is 0. The minimum atomic E-state index is -4.29. The van der Waals surface area contributed by atoms with Crippen molar-refractivity contribution in [2.45, 2.75) is 53.6 Å². The number of aromatic nitrogens is 4. The Kier molecular flexibility index (Phi) is 12.1. The van der Waals surface area contributed by atoms with E-state index in [-0.39, 0.29) is 12.8 Å². The number of imidazole rings is 2. The summed E-state index contributed by atoms with van der Waals surface area (Å²) >= 11 is 0. The fourth-order valence-electron chi connectivity index (χ4n) is 2.42. The smallest absolute Gasteiger partial charge is 0.252 e. The average Bonchev–Trinajstić information content (AvgIpc) is 3.13. The summed E-state index contributed by atoms with van der Waals surface area (Å²) in [5.74, 6) is 1.36. The second-order valence-corrected chi connectivity index (χ2v) is 9.76. The third-order valence-electron chi connectivity index (χ3n) is 4.51. The van der Waals surface area contributed by atoms with Crippen LogP contribution in [0.5, 0.6) is 0 Å². The van der Waals surface area contributed by atoms with E-state index in [4.69, 9.17) is 0 Å². The molecule has 174 valence electrons. The highest BCUT2D eigenvalue weighted by Gasteiger charge is 2.04. The molecule has 0 radical (unpaired) electrons. The van der Waals surface area contributed by atoms with Gasteiger partial charge in [-0.2, -0.15) is 0 Å². The van der Waals surface area contributed by atoms with E-state index in [1.807, 2.05) is 0 Å². The van der Waals surface area contributed by atoms with Crippen LogP contribution in [-0.4, -0.2) is 46.6 Å². The van der Waals surface area contributed by atoms with Crippen LogP contribution in [0, 0.1) is 13.8 Å². The zero-order valence-electron chi connectivity index (χ0n) is 18.6. The molecule has 2 heterocycles. The van der Waals surface area contributed by atoms with Gasteiger partial charge in [0.2, 0.25) is 0 Å². The number of rotatable bonds is 7. The number of aryl methyl sites for hydroxylation is 4. The Balaban J connectivity index is 0.000000426. The first kappa shape index (κ1) is 28.2. The summed E-state index contributed by atoms with van der Waals surface area (Å²) in [6.07, 6.45) is 8.14. The highest BCUT2D eigenvalue weighted by Crippen LogP contribution is 1.96. The lowest BCUT2D eigenvalue weighted by atomic mass is 10.4. The van der Waals surface area contributed by atoms with Crippen molar-refractivity contribution in [3.63, 3.8) is 0 Å². The van der Waals surface area contributed by atoms with E-state index in [1.165, 1.54) is 11.6 Å². The Morgan fingerprint density at radius 1 is 0.767 bits per heavy atom. The summed E-state index contributed by atoms with van der Waals surface area (Å²) in [6, 6.07) is 0. The molecule has 0 unspecified atom stereocenters. The number of nitrogens with zero attached hydrogens (tertiary/aromatic N) is 4. The summed E-state index contributed by atoms with van der Waals surface area (Å²) in [6.45, 7) is 10.6. The van der Waals surface area contributed by atoms with Crippen LogP contribution in [-0.2, 0) is 47.4 Å². The largest absolute Gasteiger partial charge is 0.748 e. The molecule has 0 saturated carbocycles. The van der Waals surface area contributed by atoms with Crippen molar-refractivity contribution in [1.29, 1.82) is 0 Å². The normalized spacial score (nSPS) is 11.3. The zero-order valence-corrected chi connectivity index (χ0v) is 20.2. The summed E-state index contributed by atoms with van der Waals surface area (Å²) in [5.41, 5.74) is 0. The molecular weight excluding hydrogens is 432 g/mol.